The monoisotopic (exact) mass is 308 g/mol. The second kappa shape index (κ2) is 4.84. The van der Waals surface area contributed by atoms with Crippen molar-refractivity contribution in [1.82, 2.24) is 10.2 Å². The summed E-state index contributed by atoms with van der Waals surface area (Å²) in [7, 11) is 5.02. The molecule has 4 amide bonds. The van der Waals surface area contributed by atoms with Crippen molar-refractivity contribution in [3.8, 4) is 0 Å². The van der Waals surface area contributed by atoms with Gasteiger partial charge >= 0.3 is 0 Å². The minimum atomic E-state index is -1.38. The first-order valence-corrected chi connectivity index (χ1v) is 7.52. The van der Waals surface area contributed by atoms with E-state index in [-0.39, 0.29) is 12.3 Å². The molecule has 1 atom stereocenters. The smallest absolute Gasteiger partial charge is 0.261 e. The van der Waals surface area contributed by atoms with Crippen LogP contribution in [0.2, 0.25) is 5.21 Å². The normalized spacial score (nSPS) is 26.7. The zero-order valence-corrected chi connectivity index (χ0v) is 13.3. The van der Waals surface area contributed by atoms with E-state index in [0.717, 1.165) is 4.90 Å². The van der Waals surface area contributed by atoms with Crippen LogP contribution in [0, 0.1) is 0 Å². The lowest BCUT2D eigenvalue weighted by atomic mass is 9.51. The van der Waals surface area contributed by atoms with Gasteiger partial charge in [0.15, 0.2) is 0 Å². The molecule has 2 aliphatic rings. The number of nitrogens with zero attached hydrogens (tertiary/aromatic N) is 1. The van der Waals surface area contributed by atoms with Crippen LogP contribution in [0.5, 0.6) is 0 Å². The van der Waals surface area contributed by atoms with Crippen LogP contribution in [0.15, 0.2) is 24.3 Å². The Morgan fingerprint density at radius 3 is 1.91 bits per heavy atom. The molecule has 0 unspecified atom stereocenters. The summed E-state index contributed by atoms with van der Waals surface area (Å²) in [5.74, 6) is -1.98. The second-order valence-electron chi connectivity index (χ2n) is 6.93. The third-order valence-corrected chi connectivity index (χ3v) is 4.86. The number of nitrogens with one attached hydrogen (secondary N) is 1. The maximum Gasteiger partial charge on any atom is 0.261 e. The van der Waals surface area contributed by atoms with E-state index in [1.807, 2.05) is 0 Å². The highest BCUT2D eigenvalue weighted by molar-refractivity contribution is 6.52. The van der Waals surface area contributed by atoms with Gasteiger partial charge < -0.3 is 0 Å². The molecule has 1 aromatic rings. The van der Waals surface area contributed by atoms with Gasteiger partial charge in [-0.3, -0.25) is 29.4 Å². The third-order valence-electron chi connectivity index (χ3n) is 4.86. The first-order chi connectivity index (χ1) is 10.7. The lowest BCUT2D eigenvalue weighted by Gasteiger charge is -2.35. The Kier molecular flexibility index (Phi) is 3.28. The molecule has 9 heteroatoms. The average Bonchev–Trinajstić information content (AvgIpc) is 2.73. The van der Waals surface area contributed by atoms with E-state index in [2.05, 4.69) is 5.32 Å². The molecule has 1 aromatic carbocycles. The van der Waals surface area contributed by atoms with Crippen molar-refractivity contribution < 1.29 is 19.2 Å². The molecule has 1 saturated heterocycles. The van der Waals surface area contributed by atoms with Gasteiger partial charge in [0.1, 0.15) is 23.5 Å². The lowest BCUT2D eigenvalue weighted by Crippen LogP contribution is -2.61. The Balaban J connectivity index is 2.04. The summed E-state index contributed by atoms with van der Waals surface area (Å²) in [6.07, 6.45) is 0.636. The molecule has 0 radical (unpaired) electrons. The van der Waals surface area contributed by atoms with Crippen molar-refractivity contribution in [1.29, 1.82) is 0 Å². The molecule has 1 fully saturated rings. The summed E-state index contributed by atoms with van der Waals surface area (Å²) in [5, 5.41) is 1.61. The first kappa shape index (κ1) is 15.6. The maximum absolute atomic E-state index is 12.7. The fourth-order valence-corrected chi connectivity index (χ4v) is 3.04. The summed E-state index contributed by atoms with van der Waals surface area (Å²) >= 11 is 0. The van der Waals surface area contributed by atoms with E-state index in [0.29, 0.717) is 17.5 Å². The van der Waals surface area contributed by atoms with E-state index in [9.17, 15) is 19.2 Å². The summed E-state index contributed by atoms with van der Waals surface area (Å²) in [6, 6.07) is 6.50. The van der Waals surface area contributed by atoms with E-state index < -0.39 is 28.4 Å². The number of imide groups is 2. The third kappa shape index (κ3) is 2.14. The standard InChI is InChI=1S/C14H15B3N2O4/c15-13(16)5-6-14(17,12(23)18-11(13)22)19-9(20)7-3-1-2-4-8(7)10(19)21/h1-4H,5-6,15-17H2,(H,18,22,23)/t14-/m0/s1. The molecule has 0 bridgehead atoms. The summed E-state index contributed by atoms with van der Waals surface area (Å²) < 4.78 is 0. The SMILES string of the molecule is BC1(B)CC[C@](B)(N2C(=O)c3ccccc3C2=O)C(=O)NC1=O. The summed E-state index contributed by atoms with van der Waals surface area (Å²) in [5.41, 5.74) is -0.793. The molecule has 2 aliphatic heterocycles. The highest BCUT2D eigenvalue weighted by Crippen LogP contribution is 2.36. The van der Waals surface area contributed by atoms with Crippen LogP contribution in [-0.4, -0.2) is 57.5 Å². The maximum atomic E-state index is 12.7. The molecule has 23 heavy (non-hydrogen) atoms. The Morgan fingerprint density at radius 1 is 0.870 bits per heavy atom. The number of fused-ring (bicyclic) bond motifs is 1. The Labute approximate surface area is 136 Å². The zero-order valence-electron chi connectivity index (χ0n) is 13.3. The number of benzene rings is 1. The van der Waals surface area contributed by atoms with Crippen LogP contribution in [0.4, 0.5) is 0 Å². The molecule has 0 aromatic heterocycles. The van der Waals surface area contributed by atoms with E-state index in [4.69, 9.17) is 0 Å². The molecule has 0 spiro atoms. The van der Waals surface area contributed by atoms with E-state index in [1.54, 1.807) is 47.8 Å². The van der Waals surface area contributed by atoms with Crippen LogP contribution < -0.4 is 5.32 Å². The summed E-state index contributed by atoms with van der Waals surface area (Å²) in [6.45, 7) is 0. The van der Waals surface area contributed by atoms with E-state index in [1.165, 1.54) is 0 Å². The molecule has 0 saturated carbocycles. The minimum Gasteiger partial charge on any atom is -0.296 e. The van der Waals surface area contributed by atoms with Gasteiger partial charge in [-0.2, -0.15) is 0 Å². The van der Waals surface area contributed by atoms with Crippen molar-refractivity contribution in [3.05, 3.63) is 35.4 Å². The first-order valence-electron chi connectivity index (χ1n) is 7.52. The number of rotatable bonds is 1. The summed E-state index contributed by atoms with van der Waals surface area (Å²) in [4.78, 5) is 51.0. The fraction of sp³-hybridized carbons (Fsp3) is 0.286. The Hall–Kier alpha value is -2.31. The van der Waals surface area contributed by atoms with Gasteiger partial charge in [-0.05, 0) is 23.8 Å². The minimum absolute atomic E-state index is 0.239. The van der Waals surface area contributed by atoms with Crippen molar-refractivity contribution in [2.45, 2.75) is 23.5 Å². The van der Waals surface area contributed by atoms with Gasteiger partial charge in [0.2, 0.25) is 11.8 Å². The molecular weight excluding hydrogens is 293 g/mol. The van der Waals surface area contributed by atoms with Crippen LogP contribution in [0.3, 0.4) is 0 Å². The van der Waals surface area contributed by atoms with Crippen molar-refractivity contribution in [2.75, 3.05) is 0 Å². The molecule has 3 rings (SSSR count). The largest absolute Gasteiger partial charge is 0.296 e. The van der Waals surface area contributed by atoms with Gasteiger partial charge in [-0.1, -0.05) is 18.6 Å². The molecule has 2 heterocycles. The van der Waals surface area contributed by atoms with Crippen LogP contribution in [-0.2, 0) is 9.59 Å². The zero-order chi connectivity index (χ0) is 17.0. The molecular formula is C14H15B3N2O4. The number of hydrogen-bond donors (Lipinski definition) is 1. The quantitative estimate of drug-likeness (QED) is 0.457. The Morgan fingerprint density at radius 2 is 1.39 bits per heavy atom. The average molecular weight is 308 g/mol. The van der Waals surface area contributed by atoms with Crippen LogP contribution in [0.25, 0.3) is 0 Å². The van der Waals surface area contributed by atoms with Gasteiger partial charge in [0, 0.05) is 0 Å². The van der Waals surface area contributed by atoms with E-state index >= 15 is 0 Å². The number of amides is 4. The van der Waals surface area contributed by atoms with Crippen molar-refractivity contribution >= 4 is 47.2 Å². The number of carbonyl (C=O) groups is 4. The molecule has 114 valence electrons. The molecule has 0 aliphatic carbocycles. The molecule has 6 nitrogen and oxygen atoms in total. The van der Waals surface area contributed by atoms with Crippen LogP contribution in [0.1, 0.15) is 33.6 Å². The lowest BCUT2D eigenvalue weighted by molar-refractivity contribution is -0.133. The van der Waals surface area contributed by atoms with Gasteiger partial charge in [-0.25, -0.2) is 0 Å². The predicted octanol–water partition coefficient (Wildman–Crippen LogP) is -2.57. The topological polar surface area (TPSA) is 83.6 Å². The van der Waals surface area contributed by atoms with Crippen LogP contribution >= 0.6 is 0 Å². The van der Waals surface area contributed by atoms with Gasteiger partial charge in [0.25, 0.3) is 11.8 Å². The fourth-order valence-electron chi connectivity index (χ4n) is 3.04. The second-order valence-corrected chi connectivity index (χ2v) is 6.93. The van der Waals surface area contributed by atoms with Gasteiger partial charge in [0.05, 0.1) is 16.6 Å². The number of hydrogen-bond acceptors (Lipinski definition) is 4. The van der Waals surface area contributed by atoms with Crippen molar-refractivity contribution in [2.24, 2.45) is 0 Å². The Bertz CT molecular complexity index is 729. The van der Waals surface area contributed by atoms with Crippen molar-refractivity contribution in [3.63, 3.8) is 0 Å². The molecule has 1 N–H and O–H groups in total. The highest BCUT2D eigenvalue weighted by Gasteiger charge is 2.53. The number of carbonyl (C=O) groups excluding carboxylic acids is 4. The van der Waals surface area contributed by atoms with Gasteiger partial charge in [-0.15, -0.1) is 0 Å². The predicted molar refractivity (Wildman–Crippen MR) is 90.4 cm³/mol. The highest BCUT2D eigenvalue weighted by atomic mass is 16.2.